The fraction of sp³-hybridized carbons (Fsp3) is 0.545. The first-order valence-corrected chi connectivity index (χ1v) is 5.07. The van der Waals surface area contributed by atoms with Crippen LogP contribution in [0.5, 0.6) is 0 Å². The molecule has 0 saturated carbocycles. The van der Waals surface area contributed by atoms with Crippen LogP contribution in [0.2, 0.25) is 0 Å². The number of hydrogen-bond acceptors (Lipinski definition) is 2. The van der Waals surface area contributed by atoms with E-state index in [1.54, 1.807) is 0 Å². The van der Waals surface area contributed by atoms with Gasteiger partial charge in [0.05, 0.1) is 11.7 Å². The molecule has 1 saturated heterocycles. The molecule has 0 spiro atoms. The molecule has 1 aromatic heterocycles. The Hall–Kier alpha value is -0.890. The number of likely N-dealkylation sites (tertiary alicyclic amines) is 1. The summed E-state index contributed by atoms with van der Waals surface area (Å²) in [5.74, 6) is 0. The Kier molecular flexibility index (Phi) is 2.60. The number of hydrogen-bond donors (Lipinski definition) is 0. The fourth-order valence-electron chi connectivity index (χ4n) is 2.11. The molecule has 0 unspecified atom stereocenters. The van der Waals surface area contributed by atoms with Crippen LogP contribution in [0.1, 0.15) is 31.5 Å². The van der Waals surface area contributed by atoms with Crippen molar-refractivity contribution < 1.29 is 0 Å². The van der Waals surface area contributed by atoms with Gasteiger partial charge in [0.1, 0.15) is 0 Å². The lowest BCUT2D eigenvalue weighted by atomic mass is 10.1. The second kappa shape index (κ2) is 3.88. The normalized spacial score (nSPS) is 23.6. The number of aromatic nitrogens is 1. The topological polar surface area (TPSA) is 16.1 Å². The van der Waals surface area contributed by atoms with Crippen molar-refractivity contribution in [2.75, 3.05) is 13.1 Å². The minimum absolute atomic E-state index is 0.575. The molecule has 2 heteroatoms. The zero-order valence-corrected chi connectivity index (χ0v) is 8.11. The van der Waals surface area contributed by atoms with Gasteiger partial charge < -0.3 is 0 Å². The fourth-order valence-corrected chi connectivity index (χ4v) is 2.11. The Morgan fingerprint density at radius 2 is 2.46 bits per heavy atom. The number of rotatable bonds is 2. The van der Waals surface area contributed by atoms with E-state index >= 15 is 0 Å². The van der Waals surface area contributed by atoms with Crippen LogP contribution < -0.4 is 0 Å². The first-order valence-electron chi connectivity index (χ1n) is 5.07. The predicted molar refractivity (Wildman–Crippen MR) is 53.5 cm³/mol. The summed E-state index contributed by atoms with van der Waals surface area (Å²) in [7, 11) is 0. The molecule has 0 amide bonds. The first-order chi connectivity index (χ1) is 6.42. The maximum Gasteiger partial charge on any atom is 0.0575 e. The van der Waals surface area contributed by atoms with Crippen LogP contribution in [0.3, 0.4) is 0 Å². The van der Waals surface area contributed by atoms with Crippen LogP contribution in [-0.4, -0.2) is 23.0 Å². The van der Waals surface area contributed by atoms with Gasteiger partial charge >= 0.3 is 0 Å². The van der Waals surface area contributed by atoms with E-state index in [2.05, 4.69) is 28.9 Å². The van der Waals surface area contributed by atoms with Gasteiger partial charge in [-0.25, -0.2) is 0 Å². The van der Waals surface area contributed by atoms with Crippen LogP contribution in [0.15, 0.2) is 24.4 Å². The molecule has 0 aliphatic carbocycles. The Balaban J connectivity index is 2.16. The standard InChI is InChI=1S/C11H16N2/c1-2-13-9-5-7-11(13)10-6-3-4-8-12-10/h3-4,6,8,11H,2,5,7,9H2,1H3/t11-/m0/s1. The highest BCUT2D eigenvalue weighted by Gasteiger charge is 2.24. The second-order valence-corrected chi connectivity index (χ2v) is 3.54. The van der Waals surface area contributed by atoms with Crippen molar-refractivity contribution in [3.63, 3.8) is 0 Å². The molecule has 1 aromatic rings. The largest absolute Gasteiger partial charge is 0.295 e. The third-order valence-corrected chi connectivity index (χ3v) is 2.80. The third-order valence-electron chi connectivity index (χ3n) is 2.80. The van der Waals surface area contributed by atoms with Gasteiger partial charge in [-0.3, -0.25) is 9.88 Å². The maximum absolute atomic E-state index is 4.42. The smallest absolute Gasteiger partial charge is 0.0575 e. The lowest BCUT2D eigenvalue weighted by Crippen LogP contribution is -2.23. The van der Waals surface area contributed by atoms with E-state index in [0.29, 0.717) is 6.04 Å². The first kappa shape index (κ1) is 8.70. The summed E-state index contributed by atoms with van der Waals surface area (Å²) < 4.78 is 0. The Morgan fingerprint density at radius 1 is 1.54 bits per heavy atom. The van der Waals surface area contributed by atoms with Crippen LogP contribution in [-0.2, 0) is 0 Å². The Labute approximate surface area is 79.6 Å². The molecular formula is C11H16N2. The summed E-state index contributed by atoms with van der Waals surface area (Å²) in [6.07, 6.45) is 4.47. The molecule has 0 N–H and O–H groups in total. The molecule has 0 radical (unpaired) electrons. The molecule has 1 aliphatic rings. The van der Waals surface area contributed by atoms with Crippen molar-refractivity contribution in [1.82, 2.24) is 9.88 Å². The Morgan fingerprint density at radius 3 is 3.15 bits per heavy atom. The molecule has 1 aliphatic heterocycles. The summed E-state index contributed by atoms with van der Waals surface area (Å²) in [6, 6.07) is 6.77. The van der Waals surface area contributed by atoms with E-state index in [1.807, 2.05) is 12.3 Å². The molecule has 0 aromatic carbocycles. The Bertz CT molecular complexity index is 258. The number of pyridine rings is 1. The summed E-state index contributed by atoms with van der Waals surface area (Å²) in [5, 5.41) is 0. The molecule has 1 fully saturated rings. The zero-order valence-electron chi connectivity index (χ0n) is 8.11. The summed E-state index contributed by atoms with van der Waals surface area (Å²) in [6.45, 7) is 4.60. The highest BCUT2D eigenvalue weighted by atomic mass is 15.2. The van der Waals surface area contributed by atoms with Crippen molar-refractivity contribution in [1.29, 1.82) is 0 Å². The quantitative estimate of drug-likeness (QED) is 0.687. The van der Waals surface area contributed by atoms with Gasteiger partial charge in [-0.2, -0.15) is 0 Å². The number of nitrogens with zero attached hydrogens (tertiary/aromatic N) is 2. The molecule has 0 bridgehead atoms. The van der Waals surface area contributed by atoms with Gasteiger partial charge in [-0.1, -0.05) is 13.0 Å². The summed E-state index contributed by atoms with van der Waals surface area (Å²) >= 11 is 0. The van der Waals surface area contributed by atoms with Crippen LogP contribution in [0, 0.1) is 0 Å². The van der Waals surface area contributed by atoms with Gasteiger partial charge in [0.25, 0.3) is 0 Å². The van der Waals surface area contributed by atoms with Gasteiger partial charge in [0, 0.05) is 6.20 Å². The molecule has 2 nitrogen and oxygen atoms in total. The molecule has 70 valence electrons. The van der Waals surface area contributed by atoms with Gasteiger partial charge in [0.15, 0.2) is 0 Å². The van der Waals surface area contributed by atoms with Crippen LogP contribution in [0.25, 0.3) is 0 Å². The minimum atomic E-state index is 0.575. The second-order valence-electron chi connectivity index (χ2n) is 3.54. The van der Waals surface area contributed by atoms with E-state index in [1.165, 1.54) is 25.1 Å². The van der Waals surface area contributed by atoms with Crippen molar-refractivity contribution in [3.05, 3.63) is 30.1 Å². The molecule has 13 heavy (non-hydrogen) atoms. The molecule has 1 atom stereocenters. The van der Waals surface area contributed by atoms with E-state index in [4.69, 9.17) is 0 Å². The SMILES string of the molecule is CCN1CCC[C@H]1c1ccccn1. The predicted octanol–water partition coefficient (Wildman–Crippen LogP) is 2.24. The third kappa shape index (κ3) is 1.73. The molecule has 2 heterocycles. The van der Waals surface area contributed by atoms with Gasteiger partial charge in [-0.15, -0.1) is 0 Å². The zero-order chi connectivity index (χ0) is 9.10. The molecule has 2 rings (SSSR count). The van der Waals surface area contributed by atoms with Gasteiger partial charge in [-0.05, 0) is 38.1 Å². The van der Waals surface area contributed by atoms with E-state index in [0.717, 1.165) is 6.54 Å². The lowest BCUT2D eigenvalue weighted by molar-refractivity contribution is 0.267. The highest BCUT2D eigenvalue weighted by Crippen LogP contribution is 2.29. The van der Waals surface area contributed by atoms with E-state index in [-0.39, 0.29) is 0 Å². The van der Waals surface area contributed by atoms with E-state index < -0.39 is 0 Å². The van der Waals surface area contributed by atoms with Crippen LogP contribution in [0.4, 0.5) is 0 Å². The highest BCUT2D eigenvalue weighted by molar-refractivity contribution is 5.10. The summed E-state index contributed by atoms with van der Waals surface area (Å²) in [4.78, 5) is 6.92. The monoisotopic (exact) mass is 176 g/mol. The van der Waals surface area contributed by atoms with Crippen molar-refractivity contribution in [3.8, 4) is 0 Å². The van der Waals surface area contributed by atoms with Crippen molar-refractivity contribution in [2.24, 2.45) is 0 Å². The summed E-state index contributed by atoms with van der Waals surface area (Å²) in [5.41, 5.74) is 1.24. The van der Waals surface area contributed by atoms with Gasteiger partial charge in [0.2, 0.25) is 0 Å². The average molecular weight is 176 g/mol. The van der Waals surface area contributed by atoms with E-state index in [9.17, 15) is 0 Å². The molecular weight excluding hydrogens is 160 g/mol. The maximum atomic E-state index is 4.42. The van der Waals surface area contributed by atoms with Crippen LogP contribution >= 0.6 is 0 Å². The van der Waals surface area contributed by atoms with Crippen molar-refractivity contribution in [2.45, 2.75) is 25.8 Å². The average Bonchev–Trinajstić information content (AvgIpc) is 2.67. The lowest BCUT2D eigenvalue weighted by Gasteiger charge is -2.21. The minimum Gasteiger partial charge on any atom is -0.295 e. The van der Waals surface area contributed by atoms with Crippen molar-refractivity contribution >= 4 is 0 Å².